The second-order valence-corrected chi connectivity index (χ2v) is 3.41. The average molecular weight is 197 g/mol. The monoisotopic (exact) mass is 197 g/mol. The van der Waals surface area contributed by atoms with Gasteiger partial charge in [-0.05, 0) is 19.9 Å². The minimum absolute atomic E-state index is 0.458. The van der Waals surface area contributed by atoms with E-state index in [1.54, 1.807) is 13.3 Å². The predicted octanol–water partition coefficient (Wildman–Crippen LogP) is 1.07. The molecule has 0 radical (unpaired) electrons. The molecule has 80 valence electrons. The van der Waals surface area contributed by atoms with Crippen LogP contribution < -0.4 is 5.32 Å². The summed E-state index contributed by atoms with van der Waals surface area (Å²) in [7, 11) is 1.73. The fourth-order valence-electron chi connectivity index (χ4n) is 1.29. The number of imidazole rings is 1. The van der Waals surface area contributed by atoms with Gasteiger partial charge < -0.3 is 14.6 Å². The largest absolute Gasteiger partial charge is 0.385 e. The molecule has 0 bridgehead atoms. The Morgan fingerprint density at radius 1 is 1.57 bits per heavy atom. The number of nitrogens with zero attached hydrogens (tertiary/aromatic N) is 2. The summed E-state index contributed by atoms with van der Waals surface area (Å²) in [6.07, 6.45) is 6.71. The molecule has 0 aliphatic heterocycles. The average Bonchev–Trinajstić information content (AvgIpc) is 2.70. The lowest BCUT2D eigenvalue weighted by Crippen LogP contribution is -2.24. The van der Waals surface area contributed by atoms with Crippen molar-refractivity contribution < 1.29 is 4.74 Å². The number of hydrogen-bond donors (Lipinski definition) is 1. The van der Waals surface area contributed by atoms with Gasteiger partial charge in [-0.25, -0.2) is 4.98 Å². The molecule has 4 nitrogen and oxygen atoms in total. The molecule has 0 saturated carbocycles. The third-order valence-electron chi connectivity index (χ3n) is 2.18. The molecule has 0 saturated heterocycles. The molecule has 1 rings (SSSR count). The maximum absolute atomic E-state index is 4.97. The molecule has 1 aromatic heterocycles. The van der Waals surface area contributed by atoms with Gasteiger partial charge >= 0.3 is 0 Å². The van der Waals surface area contributed by atoms with Crippen molar-refractivity contribution in [3.63, 3.8) is 0 Å². The first-order valence-corrected chi connectivity index (χ1v) is 5.01. The van der Waals surface area contributed by atoms with Crippen LogP contribution in [-0.2, 0) is 4.74 Å². The van der Waals surface area contributed by atoms with E-state index >= 15 is 0 Å². The van der Waals surface area contributed by atoms with Gasteiger partial charge in [0.1, 0.15) is 0 Å². The first-order chi connectivity index (χ1) is 6.84. The van der Waals surface area contributed by atoms with E-state index in [0.29, 0.717) is 6.04 Å². The number of nitrogens with one attached hydrogen (secondary N) is 1. The fourth-order valence-corrected chi connectivity index (χ4v) is 1.29. The highest BCUT2D eigenvalue weighted by molar-refractivity contribution is 4.79. The smallest absolute Gasteiger partial charge is 0.0948 e. The van der Waals surface area contributed by atoms with Crippen LogP contribution in [0.5, 0.6) is 0 Å². The van der Waals surface area contributed by atoms with E-state index in [9.17, 15) is 0 Å². The Balaban J connectivity index is 2.07. The molecule has 1 N–H and O–H groups in total. The maximum Gasteiger partial charge on any atom is 0.0948 e. The molecular weight excluding hydrogens is 178 g/mol. The van der Waals surface area contributed by atoms with Crippen molar-refractivity contribution in [3.05, 3.63) is 18.7 Å². The molecule has 1 atom stereocenters. The molecule has 0 aromatic carbocycles. The zero-order valence-electron chi connectivity index (χ0n) is 8.94. The number of aromatic nitrogens is 2. The van der Waals surface area contributed by atoms with Crippen molar-refractivity contribution in [2.45, 2.75) is 19.4 Å². The summed E-state index contributed by atoms with van der Waals surface area (Å²) >= 11 is 0. The van der Waals surface area contributed by atoms with Gasteiger partial charge in [-0.3, -0.25) is 0 Å². The molecule has 0 amide bonds. The van der Waals surface area contributed by atoms with Crippen molar-refractivity contribution in [3.8, 4) is 0 Å². The van der Waals surface area contributed by atoms with Crippen LogP contribution in [0.2, 0.25) is 0 Å². The zero-order chi connectivity index (χ0) is 10.2. The lowest BCUT2D eigenvalue weighted by molar-refractivity contribution is 0.194. The summed E-state index contributed by atoms with van der Waals surface area (Å²) in [4.78, 5) is 4.02. The van der Waals surface area contributed by atoms with Crippen molar-refractivity contribution in [2.75, 3.05) is 26.8 Å². The van der Waals surface area contributed by atoms with Crippen LogP contribution in [0.1, 0.15) is 19.4 Å². The van der Waals surface area contributed by atoms with Gasteiger partial charge in [0.05, 0.1) is 6.33 Å². The first-order valence-electron chi connectivity index (χ1n) is 5.01. The molecule has 1 aromatic rings. The highest BCUT2D eigenvalue weighted by Crippen LogP contribution is 2.01. The Morgan fingerprint density at radius 2 is 2.43 bits per heavy atom. The van der Waals surface area contributed by atoms with Gasteiger partial charge in [0, 0.05) is 38.7 Å². The van der Waals surface area contributed by atoms with Gasteiger partial charge in [0.25, 0.3) is 0 Å². The normalized spacial score (nSPS) is 13.0. The standard InChI is InChI=1S/C10H19N3O/c1-10(13-6-5-12-9-13)8-11-4-3-7-14-2/h5-6,9-11H,3-4,7-8H2,1-2H3. The van der Waals surface area contributed by atoms with E-state index < -0.39 is 0 Å². The van der Waals surface area contributed by atoms with Crippen molar-refractivity contribution >= 4 is 0 Å². The van der Waals surface area contributed by atoms with E-state index in [1.165, 1.54) is 0 Å². The van der Waals surface area contributed by atoms with Gasteiger partial charge in [-0.1, -0.05) is 0 Å². The van der Waals surface area contributed by atoms with E-state index in [4.69, 9.17) is 4.74 Å². The van der Waals surface area contributed by atoms with Crippen LogP contribution in [0, 0.1) is 0 Å². The van der Waals surface area contributed by atoms with Gasteiger partial charge in [-0.15, -0.1) is 0 Å². The Hall–Kier alpha value is -0.870. The third-order valence-corrected chi connectivity index (χ3v) is 2.18. The van der Waals surface area contributed by atoms with Crippen molar-refractivity contribution in [1.82, 2.24) is 14.9 Å². The molecule has 0 spiro atoms. The lowest BCUT2D eigenvalue weighted by Gasteiger charge is -2.13. The van der Waals surface area contributed by atoms with Gasteiger partial charge in [0.15, 0.2) is 0 Å². The SMILES string of the molecule is COCCCNCC(C)n1ccnc1. The summed E-state index contributed by atoms with van der Waals surface area (Å²) in [5.41, 5.74) is 0. The summed E-state index contributed by atoms with van der Waals surface area (Å²) in [6.45, 7) is 4.98. The molecule has 0 fully saturated rings. The molecule has 0 aliphatic carbocycles. The zero-order valence-corrected chi connectivity index (χ0v) is 8.94. The summed E-state index contributed by atoms with van der Waals surface area (Å²) < 4.78 is 7.07. The second-order valence-electron chi connectivity index (χ2n) is 3.41. The Morgan fingerprint density at radius 3 is 3.07 bits per heavy atom. The number of methoxy groups -OCH3 is 1. The van der Waals surface area contributed by atoms with Crippen LogP contribution in [-0.4, -0.2) is 36.4 Å². The number of rotatable bonds is 7. The highest BCUT2D eigenvalue weighted by atomic mass is 16.5. The quantitative estimate of drug-likeness (QED) is 0.665. The van der Waals surface area contributed by atoms with Crippen molar-refractivity contribution in [1.29, 1.82) is 0 Å². The van der Waals surface area contributed by atoms with Crippen molar-refractivity contribution in [2.24, 2.45) is 0 Å². The summed E-state index contributed by atoms with van der Waals surface area (Å²) in [5, 5.41) is 3.38. The fraction of sp³-hybridized carbons (Fsp3) is 0.700. The molecule has 1 heterocycles. The van der Waals surface area contributed by atoms with Crippen LogP contribution in [0.3, 0.4) is 0 Å². The summed E-state index contributed by atoms with van der Waals surface area (Å²) in [5.74, 6) is 0. The van der Waals surface area contributed by atoms with E-state index in [-0.39, 0.29) is 0 Å². The van der Waals surface area contributed by atoms with Gasteiger partial charge in [-0.2, -0.15) is 0 Å². The molecule has 1 unspecified atom stereocenters. The highest BCUT2D eigenvalue weighted by Gasteiger charge is 2.01. The lowest BCUT2D eigenvalue weighted by atomic mass is 10.3. The minimum Gasteiger partial charge on any atom is -0.385 e. The number of ether oxygens (including phenoxy) is 1. The van der Waals surface area contributed by atoms with E-state index in [2.05, 4.69) is 21.8 Å². The minimum atomic E-state index is 0.458. The predicted molar refractivity (Wildman–Crippen MR) is 56.3 cm³/mol. The van der Waals surface area contributed by atoms with E-state index in [1.807, 2.05) is 12.5 Å². The van der Waals surface area contributed by atoms with Crippen LogP contribution in [0.25, 0.3) is 0 Å². The molecule has 14 heavy (non-hydrogen) atoms. The van der Waals surface area contributed by atoms with Gasteiger partial charge in [0.2, 0.25) is 0 Å². The van der Waals surface area contributed by atoms with Crippen LogP contribution in [0.15, 0.2) is 18.7 Å². The second kappa shape index (κ2) is 6.56. The molecule has 0 aliphatic rings. The van der Waals surface area contributed by atoms with Crippen LogP contribution >= 0.6 is 0 Å². The Kier molecular flexibility index (Phi) is 5.25. The topological polar surface area (TPSA) is 39.1 Å². The third kappa shape index (κ3) is 3.89. The Labute approximate surface area is 85.3 Å². The Bertz CT molecular complexity index is 223. The molecular formula is C10H19N3O. The maximum atomic E-state index is 4.97. The van der Waals surface area contributed by atoms with E-state index in [0.717, 1.165) is 26.1 Å². The first kappa shape index (κ1) is 11.2. The molecule has 4 heteroatoms. The summed E-state index contributed by atoms with van der Waals surface area (Å²) in [6, 6.07) is 0.458. The van der Waals surface area contributed by atoms with Crippen LogP contribution in [0.4, 0.5) is 0 Å². The number of hydrogen-bond acceptors (Lipinski definition) is 3.